The molecule has 1 saturated heterocycles. The predicted molar refractivity (Wildman–Crippen MR) is 61.7 cm³/mol. The number of rotatable bonds is 3. The van der Waals surface area contributed by atoms with Crippen molar-refractivity contribution in [1.82, 2.24) is 0 Å². The molecule has 0 spiro atoms. The molecule has 6 heteroatoms. The fourth-order valence-corrected chi connectivity index (χ4v) is 2.04. The third-order valence-corrected chi connectivity index (χ3v) is 3.04. The number of hydrogen-bond donors (Lipinski definition) is 4. The topological polar surface area (TPSA) is 113 Å². The van der Waals surface area contributed by atoms with Crippen LogP contribution in [0.25, 0.3) is 0 Å². The first-order chi connectivity index (χ1) is 8.54. The Bertz CT molecular complexity index is 450. The lowest BCUT2D eigenvalue weighted by atomic mass is 10.00. The Morgan fingerprint density at radius 1 is 1.33 bits per heavy atom. The molecular formula is C12H15NO5. The van der Waals surface area contributed by atoms with Crippen molar-refractivity contribution in [3.63, 3.8) is 0 Å². The summed E-state index contributed by atoms with van der Waals surface area (Å²) in [6, 6.07) is 6.33. The third kappa shape index (κ3) is 2.23. The van der Waals surface area contributed by atoms with E-state index in [-0.39, 0.29) is 6.61 Å². The summed E-state index contributed by atoms with van der Waals surface area (Å²) >= 11 is 0. The lowest BCUT2D eigenvalue weighted by Crippen LogP contribution is -2.32. The molecule has 1 aromatic carbocycles. The maximum Gasteiger partial charge on any atom is 0.248 e. The quantitative estimate of drug-likeness (QED) is 0.548. The summed E-state index contributed by atoms with van der Waals surface area (Å²) in [5.41, 5.74) is 6.00. The van der Waals surface area contributed by atoms with Crippen molar-refractivity contribution < 1.29 is 24.9 Å². The highest BCUT2D eigenvalue weighted by Gasteiger charge is 2.42. The Balaban J connectivity index is 2.27. The Morgan fingerprint density at radius 3 is 2.61 bits per heavy atom. The van der Waals surface area contributed by atoms with Crippen molar-refractivity contribution in [3.8, 4) is 0 Å². The SMILES string of the molecule is NC(=O)c1cccc([C@H]2O[C@@H](CO)C(O)[C@H]2O)c1. The molecular weight excluding hydrogens is 238 g/mol. The summed E-state index contributed by atoms with van der Waals surface area (Å²) in [6.07, 6.45) is -3.92. The summed E-state index contributed by atoms with van der Waals surface area (Å²) in [5.74, 6) is -0.580. The summed E-state index contributed by atoms with van der Waals surface area (Å²) in [7, 11) is 0. The number of amides is 1. The summed E-state index contributed by atoms with van der Waals surface area (Å²) < 4.78 is 5.35. The van der Waals surface area contributed by atoms with E-state index in [1.54, 1.807) is 18.2 Å². The molecule has 0 aromatic heterocycles. The highest BCUT2D eigenvalue weighted by atomic mass is 16.6. The summed E-state index contributed by atoms with van der Waals surface area (Å²) in [6.45, 7) is -0.385. The van der Waals surface area contributed by atoms with Crippen LogP contribution in [0.2, 0.25) is 0 Å². The van der Waals surface area contributed by atoms with Crippen LogP contribution >= 0.6 is 0 Å². The molecule has 1 fully saturated rings. The number of benzene rings is 1. The Hall–Kier alpha value is -1.47. The second-order valence-corrected chi connectivity index (χ2v) is 4.25. The fraction of sp³-hybridized carbons (Fsp3) is 0.417. The predicted octanol–water partition coefficient (Wildman–Crippen LogP) is -1.06. The van der Waals surface area contributed by atoms with Gasteiger partial charge in [-0.3, -0.25) is 4.79 Å². The van der Waals surface area contributed by atoms with Crippen molar-refractivity contribution >= 4 is 5.91 Å². The van der Waals surface area contributed by atoms with Crippen LogP contribution in [-0.2, 0) is 4.74 Å². The Morgan fingerprint density at radius 2 is 2.06 bits per heavy atom. The van der Waals surface area contributed by atoms with Gasteiger partial charge in [0, 0.05) is 5.56 Å². The molecule has 2 rings (SSSR count). The van der Waals surface area contributed by atoms with E-state index in [0.29, 0.717) is 11.1 Å². The van der Waals surface area contributed by atoms with Crippen molar-refractivity contribution in [2.75, 3.05) is 6.61 Å². The van der Waals surface area contributed by atoms with E-state index in [1.165, 1.54) is 6.07 Å². The zero-order chi connectivity index (χ0) is 13.3. The van der Waals surface area contributed by atoms with E-state index in [0.717, 1.165) is 0 Å². The van der Waals surface area contributed by atoms with E-state index in [4.69, 9.17) is 15.6 Å². The number of ether oxygens (including phenoxy) is 1. The minimum atomic E-state index is -1.16. The largest absolute Gasteiger partial charge is 0.394 e. The minimum absolute atomic E-state index is 0.297. The molecule has 0 bridgehead atoms. The number of primary amides is 1. The maximum absolute atomic E-state index is 11.1. The maximum atomic E-state index is 11.1. The second kappa shape index (κ2) is 5.03. The zero-order valence-corrected chi connectivity index (χ0v) is 9.56. The van der Waals surface area contributed by atoms with E-state index in [2.05, 4.69) is 0 Å². The number of aliphatic hydroxyl groups is 3. The highest BCUT2D eigenvalue weighted by molar-refractivity contribution is 5.92. The molecule has 1 amide bonds. The van der Waals surface area contributed by atoms with Gasteiger partial charge in [0.2, 0.25) is 5.91 Å². The van der Waals surface area contributed by atoms with Crippen LogP contribution < -0.4 is 5.73 Å². The molecule has 18 heavy (non-hydrogen) atoms. The monoisotopic (exact) mass is 253 g/mol. The van der Waals surface area contributed by atoms with Gasteiger partial charge < -0.3 is 25.8 Å². The smallest absolute Gasteiger partial charge is 0.248 e. The first-order valence-electron chi connectivity index (χ1n) is 5.57. The van der Waals surface area contributed by atoms with Crippen LogP contribution in [0.3, 0.4) is 0 Å². The van der Waals surface area contributed by atoms with E-state index in [9.17, 15) is 15.0 Å². The van der Waals surface area contributed by atoms with Gasteiger partial charge in [-0.15, -0.1) is 0 Å². The van der Waals surface area contributed by atoms with Crippen molar-refractivity contribution in [3.05, 3.63) is 35.4 Å². The molecule has 5 N–H and O–H groups in total. The van der Waals surface area contributed by atoms with Gasteiger partial charge in [0.15, 0.2) is 0 Å². The number of nitrogens with two attached hydrogens (primary N) is 1. The van der Waals surface area contributed by atoms with Crippen molar-refractivity contribution in [2.45, 2.75) is 24.4 Å². The number of aliphatic hydroxyl groups excluding tert-OH is 3. The van der Waals surface area contributed by atoms with E-state index >= 15 is 0 Å². The number of carbonyl (C=O) groups excluding carboxylic acids is 1. The molecule has 1 aliphatic heterocycles. The molecule has 6 nitrogen and oxygen atoms in total. The van der Waals surface area contributed by atoms with Gasteiger partial charge in [-0.25, -0.2) is 0 Å². The molecule has 98 valence electrons. The van der Waals surface area contributed by atoms with Crippen LogP contribution in [0, 0.1) is 0 Å². The molecule has 4 atom stereocenters. The second-order valence-electron chi connectivity index (χ2n) is 4.25. The molecule has 1 unspecified atom stereocenters. The van der Waals surface area contributed by atoms with Crippen molar-refractivity contribution in [2.24, 2.45) is 5.73 Å². The van der Waals surface area contributed by atoms with Gasteiger partial charge >= 0.3 is 0 Å². The van der Waals surface area contributed by atoms with Crippen molar-refractivity contribution in [1.29, 1.82) is 0 Å². The summed E-state index contributed by atoms with van der Waals surface area (Å²) in [5, 5.41) is 28.5. The van der Waals surface area contributed by atoms with E-state index < -0.39 is 30.3 Å². The standard InChI is InChI=1S/C12H15NO5/c13-12(17)7-3-1-2-6(4-7)11-10(16)9(15)8(5-14)18-11/h1-4,8-11,14-16H,5H2,(H2,13,17)/t8-,9?,10+,11+/m0/s1. The van der Waals surface area contributed by atoms with E-state index in [1.807, 2.05) is 0 Å². The van der Waals surface area contributed by atoms with Crippen LogP contribution in [-0.4, -0.2) is 46.1 Å². The highest BCUT2D eigenvalue weighted by Crippen LogP contribution is 2.33. The lowest BCUT2D eigenvalue weighted by molar-refractivity contribution is -0.0227. The summed E-state index contributed by atoms with van der Waals surface area (Å²) in [4.78, 5) is 11.1. The minimum Gasteiger partial charge on any atom is -0.394 e. The first-order valence-corrected chi connectivity index (χ1v) is 5.57. The first kappa shape index (κ1) is 13.0. The van der Waals surface area contributed by atoms with Gasteiger partial charge in [-0.2, -0.15) is 0 Å². The van der Waals surface area contributed by atoms with Crippen LogP contribution in [0.1, 0.15) is 22.0 Å². The van der Waals surface area contributed by atoms with Gasteiger partial charge in [-0.1, -0.05) is 12.1 Å². The van der Waals surface area contributed by atoms with Crippen LogP contribution in [0.5, 0.6) is 0 Å². The average Bonchev–Trinajstić information content (AvgIpc) is 2.66. The Labute approximate surface area is 104 Å². The lowest BCUT2D eigenvalue weighted by Gasteiger charge is -2.15. The molecule has 1 aromatic rings. The van der Waals surface area contributed by atoms with Gasteiger partial charge in [0.05, 0.1) is 6.61 Å². The molecule has 0 saturated carbocycles. The average molecular weight is 253 g/mol. The van der Waals surface area contributed by atoms with Gasteiger partial charge in [0.1, 0.15) is 24.4 Å². The Kier molecular flexibility index (Phi) is 3.63. The van der Waals surface area contributed by atoms with Crippen LogP contribution in [0.15, 0.2) is 24.3 Å². The van der Waals surface area contributed by atoms with Gasteiger partial charge in [0.25, 0.3) is 0 Å². The molecule has 0 aliphatic carbocycles. The molecule has 1 heterocycles. The molecule has 0 radical (unpaired) electrons. The zero-order valence-electron chi connectivity index (χ0n) is 9.56. The number of hydrogen-bond acceptors (Lipinski definition) is 5. The fourth-order valence-electron chi connectivity index (χ4n) is 2.04. The third-order valence-electron chi connectivity index (χ3n) is 3.04. The number of carbonyl (C=O) groups is 1. The van der Waals surface area contributed by atoms with Crippen LogP contribution in [0.4, 0.5) is 0 Å². The normalized spacial score (nSPS) is 31.5. The molecule has 1 aliphatic rings. The van der Waals surface area contributed by atoms with Gasteiger partial charge in [-0.05, 0) is 17.7 Å².